The third-order valence-corrected chi connectivity index (χ3v) is 4.59. The van der Waals surface area contributed by atoms with Gasteiger partial charge in [-0.05, 0) is 41.9 Å². The van der Waals surface area contributed by atoms with Crippen molar-refractivity contribution in [3.63, 3.8) is 0 Å². The number of methoxy groups -OCH3 is 1. The minimum absolute atomic E-state index is 0.00438. The fourth-order valence-corrected chi connectivity index (χ4v) is 2.90. The number of ether oxygens (including phenoxy) is 1. The average molecular weight is 248 g/mol. The summed E-state index contributed by atoms with van der Waals surface area (Å²) in [6.45, 7) is 8.73. The number of hydrogen-bond donors (Lipinski definition) is 1. The van der Waals surface area contributed by atoms with Crippen LogP contribution in [0.25, 0.3) is 0 Å². The van der Waals surface area contributed by atoms with Gasteiger partial charge < -0.3 is 9.84 Å². The van der Waals surface area contributed by atoms with E-state index in [1.807, 2.05) is 12.1 Å². The number of fused-ring (bicyclic) bond motifs is 1. The third-order valence-electron chi connectivity index (χ3n) is 4.59. The van der Waals surface area contributed by atoms with E-state index in [-0.39, 0.29) is 17.1 Å². The highest BCUT2D eigenvalue weighted by Gasteiger charge is 2.42. The molecule has 1 aromatic rings. The van der Waals surface area contributed by atoms with Crippen LogP contribution in [0, 0.1) is 5.41 Å². The molecule has 0 aromatic heterocycles. The first-order valence-electron chi connectivity index (χ1n) is 6.67. The van der Waals surface area contributed by atoms with Crippen molar-refractivity contribution in [3.8, 4) is 0 Å². The predicted molar refractivity (Wildman–Crippen MR) is 73.5 cm³/mol. The van der Waals surface area contributed by atoms with Crippen molar-refractivity contribution < 1.29 is 9.84 Å². The lowest BCUT2D eigenvalue weighted by Gasteiger charge is -2.42. The molecule has 2 nitrogen and oxygen atoms in total. The molecule has 0 saturated carbocycles. The number of benzene rings is 1. The Labute approximate surface area is 110 Å². The van der Waals surface area contributed by atoms with Crippen LogP contribution in [0.5, 0.6) is 0 Å². The second-order valence-corrected chi connectivity index (χ2v) is 6.42. The van der Waals surface area contributed by atoms with Crippen LogP contribution < -0.4 is 0 Å². The Morgan fingerprint density at radius 3 is 2.44 bits per heavy atom. The van der Waals surface area contributed by atoms with E-state index in [0.717, 1.165) is 18.4 Å². The van der Waals surface area contributed by atoms with Crippen molar-refractivity contribution in [2.45, 2.75) is 52.2 Å². The number of aliphatic hydroxyl groups excluding tert-OH is 1. The monoisotopic (exact) mass is 248 g/mol. The summed E-state index contributed by atoms with van der Waals surface area (Å²) in [4.78, 5) is 0. The Morgan fingerprint density at radius 1 is 1.22 bits per heavy atom. The summed E-state index contributed by atoms with van der Waals surface area (Å²) < 4.78 is 5.87. The Bertz CT molecular complexity index is 445. The molecule has 0 radical (unpaired) electrons. The van der Waals surface area contributed by atoms with Crippen LogP contribution in [-0.2, 0) is 16.8 Å². The molecule has 0 saturated heterocycles. The summed E-state index contributed by atoms with van der Waals surface area (Å²) >= 11 is 0. The van der Waals surface area contributed by atoms with Crippen molar-refractivity contribution in [1.82, 2.24) is 0 Å². The minimum Gasteiger partial charge on any atom is -0.388 e. The van der Waals surface area contributed by atoms with Crippen LogP contribution in [0.1, 0.15) is 56.9 Å². The number of rotatable bonds is 2. The molecule has 0 fully saturated rings. The summed E-state index contributed by atoms with van der Waals surface area (Å²) in [6.07, 6.45) is 1.47. The lowest BCUT2D eigenvalue weighted by atomic mass is 9.71. The predicted octanol–water partition coefficient (Wildman–Crippen LogP) is 3.57. The van der Waals surface area contributed by atoms with Crippen LogP contribution in [0.2, 0.25) is 0 Å². The van der Waals surface area contributed by atoms with Crippen LogP contribution >= 0.6 is 0 Å². The molecule has 0 amide bonds. The Morgan fingerprint density at radius 2 is 1.89 bits per heavy atom. The second-order valence-electron chi connectivity index (χ2n) is 6.42. The fourth-order valence-electron chi connectivity index (χ4n) is 2.90. The third kappa shape index (κ3) is 1.88. The molecule has 1 unspecified atom stereocenters. The minimum atomic E-state index is -0.331. The standard InChI is InChI=1S/C16H24O2/c1-15(2,3)16(4,18-5)13-8-6-7-12-11(13)9-10-14(12)17/h6-8,14,17H,9-10H2,1-5H3/t14-,16?/m0/s1. The maximum Gasteiger partial charge on any atom is 0.0950 e. The molecule has 2 rings (SSSR count). The maximum atomic E-state index is 10.0. The highest BCUT2D eigenvalue weighted by atomic mass is 16.5. The molecule has 1 aliphatic carbocycles. The highest BCUT2D eigenvalue weighted by molar-refractivity contribution is 5.43. The molecular formula is C16H24O2. The van der Waals surface area contributed by atoms with Crippen LogP contribution in [-0.4, -0.2) is 12.2 Å². The summed E-state index contributed by atoms with van der Waals surface area (Å²) in [7, 11) is 1.77. The Hall–Kier alpha value is -0.860. The van der Waals surface area contributed by atoms with Crippen molar-refractivity contribution in [2.24, 2.45) is 5.41 Å². The summed E-state index contributed by atoms with van der Waals surface area (Å²) in [5.74, 6) is 0. The lowest BCUT2D eigenvalue weighted by Crippen LogP contribution is -2.39. The lowest BCUT2D eigenvalue weighted by molar-refractivity contribution is -0.0842. The molecule has 0 bridgehead atoms. The van der Waals surface area contributed by atoms with Crippen LogP contribution in [0.4, 0.5) is 0 Å². The molecule has 2 atom stereocenters. The number of hydrogen-bond acceptors (Lipinski definition) is 2. The summed E-state index contributed by atoms with van der Waals surface area (Å²) in [5, 5.41) is 10.0. The fraction of sp³-hybridized carbons (Fsp3) is 0.625. The van der Waals surface area contributed by atoms with E-state index in [1.165, 1.54) is 11.1 Å². The Kier molecular flexibility index (Phi) is 3.28. The van der Waals surface area contributed by atoms with Crippen molar-refractivity contribution >= 4 is 0 Å². The smallest absolute Gasteiger partial charge is 0.0950 e. The van der Waals surface area contributed by atoms with E-state index in [9.17, 15) is 5.11 Å². The molecule has 1 aliphatic rings. The first-order chi connectivity index (χ1) is 8.31. The van der Waals surface area contributed by atoms with Gasteiger partial charge in [0.2, 0.25) is 0 Å². The van der Waals surface area contributed by atoms with Crippen molar-refractivity contribution in [2.75, 3.05) is 7.11 Å². The molecule has 18 heavy (non-hydrogen) atoms. The molecule has 0 heterocycles. The van der Waals surface area contributed by atoms with E-state index in [4.69, 9.17) is 4.74 Å². The Balaban J connectivity index is 2.59. The maximum absolute atomic E-state index is 10.0. The van der Waals surface area contributed by atoms with E-state index >= 15 is 0 Å². The van der Waals surface area contributed by atoms with Gasteiger partial charge in [-0.2, -0.15) is 0 Å². The van der Waals surface area contributed by atoms with E-state index in [1.54, 1.807) is 7.11 Å². The number of aliphatic hydroxyl groups is 1. The zero-order chi connectivity index (χ0) is 13.6. The van der Waals surface area contributed by atoms with E-state index in [0.29, 0.717) is 0 Å². The van der Waals surface area contributed by atoms with Crippen LogP contribution in [0.15, 0.2) is 18.2 Å². The largest absolute Gasteiger partial charge is 0.388 e. The summed E-state index contributed by atoms with van der Waals surface area (Å²) in [6, 6.07) is 6.21. The molecule has 100 valence electrons. The average Bonchev–Trinajstić information content (AvgIpc) is 2.69. The van der Waals surface area contributed by atoms with Gasteiger partial charge >= 0.3 is 0 Å². The first-order valence-corrected chi connectivity index (χ1v) is 6.67. The van der Waals surface area contributed by atoms with Crippen molar-refractivity contribution in [1.29, 1.82) is 0 Å². The molecule has 1 N–H and O–H groups in total. The summed E-state index contributed by atoms with van der Waals surface area (Å²) in [5.41, 5.74) is 3.27. The van der Waals surface area contributed by atoms with Gasteiger partial charge in [0.25, 0.3) is 0 Å². The topological polar surface area (TPSA) is 29.5 Å². The van der Waals surface area contributed by atoms with E-state index < -0.39 is 0 Å². The van der Waals surface area contributed by atoms with Crippen LogP contribution in [0.3, 0.4) is 0 Å². The van der Waals surface area contributed by atoms with Gasteiger partial charge in [0, 0.05) is 7.11 Å². The molecule has 2 heteroatoms. The molecule has 0 spiro atoms. The van der Waals surface area contributed by atoms with Gasteiger partial charge in [0.05, 0.1) is 11.7 Å². The normalized spacial score (nSPS) is 22.7. The van der Waals surface area contributed by atoms with Gasteiger partial charge in [-0.15, -0.1) is 0 Å². The molecule has 0 aliphatic heterocycles. The second kappa shape index (κ2) is 4.36. The molecule has 1 aromatic carbocycles. The van der Waals surface area contributed by atoms with Gasteiger partial charge in [-0.25, -0.2) is 0 Å². The zero-order valence-electron chi connectivity index (χ0n) is 12.1. The van der Waals surface area contributed by atoms with E-state index in [2.05, 4.69) is 33.8 Å². The van der Waals surface area contributed by atoms with Gasteiger partial charge in [0.15, 0.2) is 0 Å². The highest BCUT2D eigenvalue weighted by Crippen LogP contribution is 2.46. The van der Waals surface area contributed by atoms with Gasteiger partial charge in [-0.3, -0.25) is 0 Å². The molecular weight excluding hydrogens is 224 g/mol. The zero-order valence-corrected chi connectivity index (χ0v) is 12.1. The van der Waals surface area contributed by atoms with Gasteiger partial charge in [0.1, 0.15) is 0 Å². The van der Waals surface area contributed by atoms with Crippen molar-refractivity contribution in [3.05, 3.63) is 34.9 Å². The SMILES string of the molecule is COC(C)(c1cccc2c1CC[C@@H]2O)C(C)(C)C. The van der Waals surface area contributed by atoms with Gasteiger partial charge in [-0.1, -0.05) is 39.0 Å². The first kappa shape index (κ1) is 13.6. The quantitative estimate of drug-likeness (QED) is 0.867.